The van der Waals surface area contributed by atoms with Gasteiger partial charge in [0.05, 0.1) is 6.61 Å². The van der Waals surface area contributed by atoms with E-state index in [4.69, 9.17) is 16.3 Å². The fourth-order valence-corrected chi connectivity index (χ4v) is 2.45. The van der Waals surface area contributed by atoms with Crippen molar-refractivity contribution < 1.29 is 9.13 Å². The van der Waals surface area contributed by atoms with Gasteiger partial charge in [0, 0.05) is 10.6 Å². The average molecular weight is 294 g/mol. The van der Waals surface area contributed by atoms with Crippen molar-refractivity contribution >= 4 is 11.6 Å². The Bertz CT molecular complexity index is 601. The smallest absolute Gasteiger partial charge is 0.123 e. The molecule has 2 aromatic rings. The van der Waals surface area contributed by atoms with Gasteiger partial charge in [-0.25, -0.2) is 4.39 Å². The number of nitrogens with two attached hydrogens (primary N) is 1. The summed E-state index contributed by atoms with van der Waals surface area (Å²) in [6.07, 6.45) is 2.08. The maximum atomic E-state index is 13.3. The fraction of sp³-hybridized carbons (Fsp3) is 0.250. The molecule has 2 N–H and O–H groups in total. The molecule has 0 radical (unpaired) electrons. The summed E-state index contributed by atoms with van der Waals surface area (Å²) in [6.45, 7) is 0.743. The Morgan fingerprint density at radius 2 is 1.95 bits per heavy atom. The van der Waals surface area contributed by atoms with Crippen molar-refractivity contribution in [1.29, 1.82) is 0 Å². The Hall–Kier alpha value is -1.58. The second kappa shape index (κ2) is 6.73. The molecule has 1 aliphatic rings. The highest BCUT2D eigenvalue weighted by Crippen LogP contribution is 2.34. The van der Waals surface area contributed by atoms with Crippen LogP contribution in [0.5, 0.6) is 5.75 Å². The number of hydrogen-bond acceptors (Lipinski definition) is 2. The van der Waals surface area contributed by atoms with E-state index in [-0.39, 0.29) is 5.82 Å². The highest BCUT2D eigenvalue weighted by atomic mass is 35.5. The molecule has 0 amide bonds. The maximum Gasteiger partial charge on any atom is 0.123 e. The summed E-state index contributed by atoms with van der Waals surface area (Å²) in [5, 5.41) is 0.548. The normalized spacial score (nSPS) is 12.8. The summed E-state index contributed by atoms with van der Waals surface area (Å²) in [5.41, 5.74) is 7.30. The van der Waals surface area contributed by atoms with E-state index in [1.54, 1.807) is 6.07 Å². The molecule has 0 fully saturated rings. The highest BCUT2D eigenvalue weighted by Gasteiger charge is 2.12. The first-order valence-corrected chi connectivity index (χ1v) is 6.91. The first-order chi connectivity index (χ1) is 9.74. The van der Waals surface area contributed by atoms with Crippen LogP contribution in [0, 0.1) is 5.82 Å². The van der Waals surface area contributed by atoms with Gasteiger partial charge in [0.15, 0.2) is 0 Å². The number of halogens is 2. The van der Waals surface area contributed by atoms with Crippen LogP contribution in [0.3, 0.4) is 0 Å². The van der Waals surface area contributed by atoms with E-state index in [0.717, 1.165) is 30.8 Å². The Morgan fingerprint density at radius 3 is 2.75 bits per heavy atom. The van der Waals surface area contributed by atoms with Crippen molar-refractivity contribution in [2.24, 2.45) is 5.73 Å². The Kier molecular flexibility index (Phi) is 4.99. The van der Waals surface area contributed by atoms with Gasteiger partial charge < -0.3 is 10.5 Å². The van der Waals surface area contributed by atoms with Gasteiger partial charge in [0.25, 0.3) is 0 Å². The van der Waals surface area contributed by atoms with E-state index >= 15 is 0 Å². The zero-order valence-electron chi connectivity index (χ0n) is 11.3. The molecule has 20 heavy (non-hydrogen) atoms. The summed E-state index contributed by atoms with van der Waals surface area (Å²) < 4.78 is 18.9. The SMILES string of the molecule is CN.Fc1ccc(Cl)c(-c2ccc3c(c2)OCCC3)c1. The summed E-state index contributed by atoms with van der Waals surface area (Å²) >= 11 is 6.11. The topological polar surface area (TPSA) is 35.2 Å². The molecular weight excluding hydrogens is 277 g/mol. The zero-order valence-corrected chi connectivity index (χ0v) is 12.1. The van der Waals surface area contributed by atoms with Crippen molar-refractivity contribution in [3.8, 4) is 16.9 Å². The highest BCUT2D eigenvalue weighted by molar-refractivity contribution is 6.33. The lowest BCUT2D eigenvalue weighted by Gasteiger charge is -2.18. The van der Waals surface area contributed by atoms with Crippen molar-refractivity contribution in [2.45, 2.75) is 12.8 Å². The second-order valence-corrected chi connectivity index (χ2v) is 4.81. The minimum atomic E-state index is -0.284. The minimum Gasteiger partial charge on any atom is -0.493 e. The third-order valence-corrected chi connectivity index (χ3v) is 3.48. The lowest BCUT2D eigenvalue weighted by Crippen LogP contribution is -2.08. The van der Waals surface area contributed by atoms with E-state index in [9.17, 15) is 4.39 Å². The number of fused-ring (bicyclic) bond motifs is 1. The van der Waals surface area contributed by atoms with Crippen LogP contribution in [0.25, 0.3) is 11.1 Å². The van der Waals surface area contributed by atoms with Crippen LogP contribution in [0.15, 0.2) is 36.4 Å². The van der Waals surface area contributed by atoms with Crippen LogP contribution in [0.2, 0.25) is 5.02 Å². The molecule has 1 aliphatic heterocycles. The molecule has 1 heterocycles. The van der Waals surface area contributed by atoms with Gasteiger partial charge in [-0.1, -0.05) is 23.7 Å². The van der Waals surface area contributed by atoms with Gasteiger partial charge >= 0.3 is 0 Å². The summed E-state index contributed by atoms with van der Waals surface area (Å²) in [6, 6.07) is 10.3. The molecule has 0 aromatic heterocycles. The Morgan fingerprint density at radius 1 is 1.15 bits per heavy atom. The maximum absolute atomic E-state index is 13.3. The quantitative estimate of drug-likeness (QED) is 0.861. The van der Waals surface area contributed by atoms with E-state index < -0.39 is 0 Å². The standard InChI is InChI=1S/C15H12ClFO.CH5N/c16-14-6-5-12(17)9-13(14)11-4-3-10-2-1-7-18-15(10)8-11;1-2/h3-6,8-9H,1-2,7H2;2H2,1H3. The van der Waals surface area contributed by atoms with E-state index in [0.29, 0.717) is 10.6 Å². The Balaban J connectivity index is 0.000000704. The first kappa shape index (κ1) is 14.8. The largest absolute Gasteiger partial charge is 0.493 e. The van der Waals surface area contributed by atoms with Crippen LogP contribution in [0.4, 0.5) is 4.39 Å². The molecule has 0 saturated heterocycles. The van der Waals surface area contributed by atoms with Crippen LogP contribution >= 0.6 is 11.6 Å². The van der Waals surface area contributed by atoms with Crippen molar-refractivity contribution in [1.82, 2.24) is 0 Å². The van der Waals surface area contributed by atoms with E-state index in [1.807, 2.05) is 18.2 Å². The molecule has 0 saturated carbocycles. The van der Waals surface area contributed by atoms with Crippen LogP contribution in [-0.2, 0) is 6.42 Å². The number of ether oxygens (including phenoxy) is 1. The van der Waals surface area contributed by atoms with Crippen LogP contribution in [-0.4, -0.2) is 13.7 Å². The van der Waals surface area contributed by atoms with Crippen LogP contribution < -0.4 is 10.5 Å². The predicted molar refractivity (Wildman–Crippen MR) is 80.8 cm³/mol. The van der Waals surface area contributed by atoms with Gasteiger partial charge in [-0.05, 0) is 55.3 Å². The molecule has 0 unspecified atom stereocenters. The second-order valence-electron chi connectivity index (χ2n) is 4.40. The molecular formula is C16H17ClFNO. The average Bonchev–Trinajstić information content (AvgIpc) is 2.51. The molecule has 0 aliphatic carbocycles. The van der Waals surface area contributed by atoms with Crippen molar-refractivity contribution in [3.63, 3.8) is 0 Å². The van der Waals surface area contributed by atoms with Crippen molar-refractivity contribution in [3.05, 3.63) is 52.8 Å². The van der Waals surface area contributed by atoms with Gasteiger partial charge in [-0.3, -0.25) is 0 Å². The summed E-state index contributed by atoms with van der Waals surface area (Å²) in [5.74, 6) is 0.604. The third-order valence-electron chi connectivity index (χ3n) is 3.15. The third kappa shape index (κ3) is 3.11. The molecule has 4 heteroatoms. The lowest BCUT2D eigenvalue weighted by atomic mass is 10.00. The first-order valence-electron chi connectivity index (χ1n) is 6.53. The van der Waals surface area contributed by atoms with Gasteiger partial charge in [-0.2, -0.15) is 0 Å². The van der Waals surface area contributed by atoms with Crippen molar-refractivity contribution in [2.75, 3.05) is 13.7 Å². The molecule has 2 nitrogen and oxygen atoms in total. The molecule has 0 atom stereocenters. The molecule has 0 bridgehead atoms. The number of rotatable bonds is 1. The monoisotopic (exact) mass is 293 g/mol. The number of aryl methyl sites for hydroxylation is 1. The van der Waals surface area contributed by atoms with Gasteiger partial charge in [0.1, 0.15) is 11.6 Å². The predicted octanol–water partition coefficient (Wildman–Crippen LogP) is 4.05. The fourth-order valence-electron chi connectivity index (χ4n) is 2.23. The van der Waals surface area contributed by atoms with E-state index in [2.05, 4.69) is 5.73 Å². The molecule has 3 rings (SSSR count). The lowest BCUT2D eigenvalue weighted by molar-refractivity contribution is 0.288. The van der Waals surface area contributed by atoms with Gasteiger partial charge in [-0.15, -0.1) is 0 Å². The molecule has 2 aromatic carbocycles. The molecule has 0 spiro atoms. The Labute approximate surface area is 123 Å². The number of benzene rings is 2. The number of hydrogen-bond donors (Lipinski definition) is 1. The van der Waals surface area contributed by atoms with Gasteiger partial charge in [0.2, 0.25) is 0 Å². The summed E-state index contributed by atoms with van der Waals surface area (Å²) in [4.78, 5) is 0. The summed E-state index contributed by atoms with van der Waals surface area (Å²) in [7, 11) is 1.50. The molecule has 106 valence electrons. The van der Waals surface area contributed by atoms with E-state index in [1.165, 1.54) is 24.7 Å². The van der Waals surface area contributed by atoms with Crippen LogP contribution in [0.1, 0.15) is 12.0 Å². The minimum absolute atomic E-state index is 0.284. The zero-order chi connectivity index (χ0) is 14.5.